The normalized spacial score (nSPS) is 10.2. The molecule has 0 aliphatic rings. The Morgan fingerprint density at radius 2 is 2.42 bits per heavy atom. The number of nitrogens with two attached hydrogens (primary N) is 1. The number of aromatic nitrogens is 2. The first kappa shape index (κ1) is 8.93. The van der Waals surface area contributed by atoms with E-state index < -0.39 is 0 Å². The molecular formula is C8H13N3O. The van der Waals surface area contributed by atoms with Crippen LogP contribution >= 0.6 is 0 Å². The van der Waals surface area contributed by atoms with Crippen molar-refractivity contribution >= 4 is 0 Å². The lowest BCUT2D eigenvalue weighted by atomic mass is 10.3. The third-order valence-corrected chi connectivity index (χ3v) is 1.75. The van der Waals surface area contributed by atoms with E-state index in [4.69, 9.17) is 5.73 Å². The summed E-state index contributed by atoms with van der Waals surface area (Å²) in [5.74, 6) is 0. The van der Waals surface area contributed by atoms with Gasteiger partial charge in [-0.05, 0) is 19.5 Å². The zero-order chi connectivity index (χ0) is 8.97. The van der Waals surface area contributed by atoms with Crippen molar-refractivity contribution in [1.29, 1.82) is 0 Å². The molecule has 4 nitrogen and oxygen atoms in total. The van der Waals surface area contributed by atoms with Crippen LogP contribution in [-0.2, 0) is 13.0 Å². The number of hydrogen-bond donors (Lipinski definition) is 1. The molecule has 0 spiro atoms. The van der Waals surface area contributed by atoms with Gasteiger partial charge in [0.1, 0.15) is 0 Å². The summed E-state index contributed by atoms with van der Waals surface area (Å²) in [5.41, 5.74) is 6.17. The molecule has 12 heavy (non-hydrogen) atoms. The standard InChI is InChI=1S/C8H13N3O/c1-2-11-7(3-5-9)4-6-10-8(11)12/h4,6H,2-3,5,9H2,1H3. The molecule has 1 aromatic rings. The minimum absolute atomic E-state index is 0.191. The van der Waals surface area contributed by atoms with Gasteiger partial charge < -0.3 is 5.73 Å². The summed E-state index contributed by atoms with van der Waals surface area (Å²) in [6.45, 7) is 3.13. The lowest BCUT2D eigenvalue weighted by molar-refractivity contribution is 0.649. The van der Waals surface area contributed by atoms with Crippen LogP contribution in [0.2, 0.25) is 0 Å². The molecule has 1 aromatic heterocycles. The van der Waals surface area contributed by atoms with Crippen molar-refractivity contribution in [2.75, 3.05) is 6.54 Å². The number of hydrogen-bond acceptors (Lipinski definition) is 3. The average Bonchev–Trinajstić information content (AvgIpc) is 2.05. The molecule has 0 radical (unpaired) electrons. The van der Waals surface area contributed by atoms with Crippen LogP contribution in [0.15, 0.2) is 17.1 Å². The molecule has 0 saturated carbocycles. The summed E-state index contributed by atoms with van der Waals surface area (Å²) in [7, 11) is 0. The molecule has 66 valence electrons. The highest BCUT2D eigenvalue weighted by Gasteiger charge is 1.99. The summed E-state index contributed by atoms with van der Waals surface area (Å²) in [6.07, 6.45) is 2.26. The van der Waals surface area contributed by atoms with Crippen molar-refractivity contribution in [3.63, 3.8) is 0 Å². The van der Waals surface area contributed by atoms with Gasteiger partial charge in [0.25, 0.3) is 0 Å². The molecule has 0 amide bonds. The van der Waals surface area contributed by atoms with Crippen molar-refractivity contribution in [3.05, 3.63) is 28.4 Å². The largest absolute Gasteiger partial charge is 0.347 e. The molecule has 0 atom stereocenters. The predicted octanol–water partition coefficient (Wildman–Crippen LogP) is -0.236. The summed E-state index contributed by atoms with van der Waals surface area (Å²) in [5, 5.41) is 0. The van der Waals surface area contributed by atoms with Crippen molar-refractivity contribution in [2.24, 2.45) is 5.73 Å². The third kappa shape index (κ3) is 1.71. The first-order valence-corrected chi connectivity index (χ1v) is 4.04. The van der Waals surface area contributed by atoms with Gasteiger partial charge in [0.05, 0.1) is 0 Å². The van der Waals surface area contributed by atoms with Gasteiger partial charge in [-0.2, -0.15) is 0 Å². The van der Waals surface area contributed by atoms with Gasteiger partial charge in [-0.1, -0.05) is 0 Å². The Morgan fingerprint density at radius 3 is 3.00 bits per heavy atom. The maximum absolute atomic E-state index is 11.2. The summed E-state index contributed by atoms with van der Waals surface area (Å²) < 4.78 is 1.63. The molecule has 0 bridgehead atoms. The Labute approximate surface area is 71.0 Å². The van der Waals surface area contributed by atoms with E-state index in [0.29, 0.717) is 13.1 Å². The molecule has 1 rings (SSSR count). The van der Waals surface area contributed by atoms with Crippen LogP contribution in [0.5, 0.6) is 0 Å². The number of rotatable bonds is 3. The first-order valence-electron chi connectivity index (χ1n) is 4.04. The molecule has 1 heterocycles. The van der Waals surface area contributed by atoms with Crippen LogP contribution in [0.25, 0.3) is 0 Å². The van der Waals surface area contributed by atoms with Crippen LogP contribution in [0.1, 0.15) is 12.6 Å². The molecule has 4 heteroatoms. The van der Waals surface area contributed by atoms with Crippen molar-refractivity contribution in [2.45, 2.75) is 19.9 Å². The van der Waals surface area contributed by atoms with E-state index >= 15 is 0 Å². The predicted molar refractivity (Wildman–Crippen MR) is 46.9 cm³/mol. The second-order valence-electron chi connectivity index (χ2n) is 2.50. The Balaban J connectivity index is 3.09. The van der Waals surface area contributed by atoms with E-state index in [2.05, 4.69) is 4.98 Å². The molecular weight excluding hydrogens is 154 g/mol. The lowest BCUT2D eigenvalue weighted by Crippen LogP contribution is -2.25. The SMILES string of the molecule is CCn1c(CCN)ccnc1=O. The second-order valence-corrected chi connectivity index (χ2v) is 2.50. The summed E-state index contributed by atoms with van der Waals surface area (Å²) >= 11 is 0. The van der Waals surface area contributed by atoms with Crippen LogP contribution < -0.4 is 11.4 Å². The van der Waals surface area contributed by atoms with Gasteiger partial charge >= 0.3 is 5.69 Å². The molecule has 0 saturated heterocycles. The highest BCUT2D eigenvalue weighted by atomic mass is 16.1. The highest BCUT2D eigenvalue weighted by molar-refractivity contribution is 5.01. The van der Waals surface area contributed by atoms with Crippen LogP contribution in [0.4, 0.5) is 0 Å². The molecule has 0 unspecified atom stereocenters. The second kappa shape index (κ2) is 4.01. The fraction of sp³-hybridized carbons (Fsp3) is 0.500. The molecule has 0 aromatic carbocycles. The third-order valence-electron chi connectivity index (χ3n) is 1.75. The quantitative estimate of drug-likeness (QED) is 0.676. The monoisotopic (exact) mass is 167 g/mol. The Bertz CT molecular complexity index is 305. The van der Waals surface area contributed by atoms with Crippen LogP contribution in [0.3, 0.4) is 0 Å². The first-order chi connectivity index (χ1) is 5.79. The van der Waals surface area contributed by atoms with Gasteiger partial charge in [-0.15, -0.1) is 0 Å². The molecule has 2 N–H and O–H groups in total. The van der Waals surface area contributed by atoms with Crippen molar-refractivity contribution in [3.8, 4) is 0 Å². The molecule has 0 aliphatic carbocycles. The van der Waals surface area contributed by atoms with Gasteiger partial charge in [-0.25, -0.2) is 9.78 Å². The molecule has 0 fully saturated rings. The maximum Gasteiger partial charge on any atom is 0.347 e. The Morgan fingerprint density at radius 1 is 1.67 bits per heavy atom. The van der Waals surface area contributed by atoms with Gasteiger partial charge in [0.2, 0.25) is 0 Å². The van der Waals surface area contributed by atoms with Crippen LogP contribution in [-0.4, -0.2) is 16.1 Å². The van der Waals surface area contributed by atoms with E-state index in [-0.39, 0.29) is 5.69 Å². The zero-order valence-electron chi connectivity index (χ0n) is 7.16. The fourth-order valence-corrected chi connectivity index (χ4v) is 1.17. The minimum Gasteiger partial charge on any atom is -0.330 e. The average molecular weight is 167 g/mol. The van der Waals surface area contributed by atoms with Gasteiger partial charge in [0.15, 0.2) is 0 Å². The summed E-state index contributed by atoms with van der Waals surface area (Å²) in [6, 6.07) is 1.83. The van der Waals surface area contributed by atoms with Gasteiger partial charge in [-0.3, -0.25) is 4.57 Å². The Kier molecular flexibility index (Phi) is 2.99. The number of nitrogens with zero attached hydrogens (tertiary/aromatic N) is 2. The zero-order valence-corrected chi connectivity index (χ0v) is 7.16. The maximum atomic E-state index is 11.2. The minimum atomic E-state index is -0.191. The van der Waals surface area contributed by atoms with E-state index in [9.17, 15) is 4.79 Å². The van der Waals surface area contributed by atoms with Crippen molar-refractivity contribution < 1.29 is 0 Å². The topological polar surface area (TPSA) is 60.9 Å². The van der Waals surface area contributed by atoms with E-state index in [1.165, 1.54) is 6.20 Å². The van der Waals surface area contributed by atoms with E-state index in [1.54, 1.807) is 4.57 Å². The van der Waals surface area contributed by atoms with E-state index in [1.807, 2.05) is 13.0 Å². The lowest BCUT2D eigenvalue weighted by Gasteiger charge is -2.07. The van der Waals surface area contributed by atoms with Crippen molar-refractivity contribution in [1.82, 2.24) is 9.55 Å². The van der Waals surface area contributed by atoms with Crippen LogP contribution in [0, 0.1) is 0 Å². The fourth-order valence-electron chi connectivity index (χ4n) is 1.17. The Hall–Kier alpha value is -1.16. The highest BCUT2D eigenvalue weighted by Crippen LogP contribution is 1.94. The van der Waals surface area contributed by atoms with Gasteiger partial charge in [0, 0.05) is 24.9 Å². The van der Waals surface area contributed by atoms with E-state index in [0.717, 1.165) is 12.1 Å². The molecule has 0 aliphatic heterocycles. The smallest absolute Gasteiger partial charge is 0.330 e. The summed E-state index contributed by atoms with van der Waals surface area (Å²) in [4.78, 5) is 14.8.